The summed E-state index contributed by atoms with van der Waals surface area (Å²) in [4.78, 5) is 2.20. The third-order valence-electron chi connectivity index (χ3n) is 8.18. The highest BCUT2D eigenvalue weighted by Gasteiger charge is 2.56. The number of allylic oxidation sites excluding steroid dienone is 2. The maximum atomic E-state index is 13.1. The molecule has 0 saturated heterocycles. The van der Waals surface area contributed by atoms with Crippen LogP contribution in [-0.2, 0) is 17.6 Å². The Morgan fingerprint density at radius 3 is 2.20 bits per heavy atom. The number of alkyl halides is 5. The molecule has 2 aromatic rings. The lowest BCUT2D eigenvalue weighted by Crippen LogP contribution is -2.36. The lowest BCUT2D eigenvalue weighted by atomic mass is 9.89. The van der Waals surface area contributed by atoms with Crippen molar-refractivity contribution in [3.05, 3.63) is 65.2 Å². The Balaban J connectivity index is 1.45. The molecule has 0 amide bonds. The molecule has 2 N–H and O–H groups in total. The molecule has 4 nitrogen and oxygen atoms in total. The third-order valence-corrected chi connectivity index (χ3v) is 9.67. The second kappa shape index (κ2) is 18.1. The molecule has 44 heavy (non-hydrogen) atoms. The number of aliphatic hydroxyl groups is 1. The molecular formula is C34H46F5NO3S. The lowest BCUT2D eigenvalue weighted by molar-refractivity contribution is -0.284. The van der Waals surface area contributed by atoms with Crippen molar-refractivity contribution in [2.45, 2.75) is 89.1 Å². The van der Waals surface area contributed by atoms with Gasteiger partial charge < -0.3 is 19.7 Å². The van der Waals surface area contributed by atoms with Crippen LogP contribution >= 0.6 is 0 Å². The van der Waals surface area contributed by atoms with E-state index >= 15 is 0 Å². The molecule has 0 fully saturated rings. The van der Waals surface area contributed by atoms with E-state index in [9.17, 15) is 36.7 Å². The van der Waals surface area contributed by atoms with E-state index in [0.717, 1.165) is 57.9 Å². The van der Waals surface area contributed by atoms with Crippen LogP contribution in [0.25, 0.3) is 11.1 Å². The zero-order chi connectivity index (χ0) is 32.0. The maximum absolute atomic E-state index is 13.1. The van der Waals surface area contributed by atoms with Crippen molar-refractivity contribution in [1.29, 1.82) is 0 Å². The molecule has 3 rings (SSSR count). The number of nitrogens with zero attached hydrogens (tertiary/aromatic N) is 1. The van der Waals surface area contributed by atoms with Crippen molar-refractivity contribution in [3.8, 4) is 5.75 Å². The van der Waals surface area contributed by atoms with Crippen molar-refractivity contribution in [2.24, 2.45) is 0 Å². The zero-order valence-corrected chi connectivity index (χ0v) is 26.2. The van der Waals surface area contributed by atoms with Crippen molar-refractivity contribution in [1.82, 2.24) is 4.90 Å². The first-order valence-corrected chi connectivity index (χ1v) is 17.2. The average Bonchev–Trinajstić information content (AvgIpc) is 3.15. The highest BCUT2D eigenvalue weighted by atomic mass is 32.2. The number of hydrogen-bond acceptors (Lipinski definition) is 4. The van der Waals surface area contributed by atoms with E-state index < -0.39 is 36.1 Å². The Hall–Kier alpha value is -2.14. The first kappa shape index (κ1) is 36.3. The van der Waals surface area contributed by atoms with Gasteiger partial charge in [-0.15, -0.1) is 0 Å². The molecule has 2 aromatic carbocycles. The van der Waals surface area contributed by atoms with Crippen LogP contribution < -0.4 is 0 Å². The van der Waals surface area contributed by atoms with Crippen LogP contribution in [0.1, 0.15) is 87.3 Å². The van der Waals surface area contributed by atoms with E-state index in [4.69, 9.17) is 0 Å². The third kappa shape index (κ3) is 11.7. The predicted molar refractivity (Wildman–Crippen MR) is 168 cm³/mol. The summed E-state index contributed by atoms with van der Waals surface area (Å²) in [6, 6.07) is 16.2. The molecule has 1 atom stereocenters. The number of aryl methyl sites for hydroxylation is 1. The number of benzene rings is 2. The summed E-state index contributed by atoms with van der Waals surface area (Å²) in [5, 5.41) is 19.4. The summed E-state index contributed by atoms with van der Waals surface area (Å²) in [6.45, 7) is 2.22. The van der Waals surface area contributed by atoms with Crippen LogP contribution in [0.15, 0.2) is 48.5 Å². The van der Waals surface area contributed by atoms with Crippen molar-refractivity contribution < 1.29 is 36.7 Å². The molecule has 0 bridgehead atoms. The molecule has 1 aliphatic rings. The molecule has 1 aliphatic carbocycles. The van der Waals surface area contributed by atoms with Crippen LogP contribution in [-0.4, -0.2) is 69.5 Å². The van der Waals surface area contributed by atoms with Crippen LogP contribution in [0, 0.1) is 0 Å². The lowest BCUT2D eigenvalue weighted by Gasteiger charge is -2.23. The Morgan fingerprint density at radius 2 is 1.48 bits per heavy atom. The Kier molecular flexibility index (Phi) is 15.0. The molecule has 1 unspecified atom stereocenters. The highest BCUT2D eigenvalue weighted by Crippen LogP contribution is 2.40. The molecule has 0 radical (unpaired) electrons. The maximum Gasteiger partial charge on any atom is 0.453 e. The Labute approximate surface area is 261 Å². The van der Waals surface area contributed by atoms with Gasteiger partial charge in [0.25, 0.3) is 0 Å². The van der Waals surface area contributed by atoms with Crippen LogP contribution in [0.3, 0.4) is 0 Å². The molecule has 0 saturated carbocycles. The van der Waals surface area contributed by atoms with E-state index in [0.29, 0.717) is 31.7 Å². The van der Waals surface area contributed by atoms with Gasteiger partial charge in [0.2, 0.25) is 0 Å². The molecule has 0 aromatic heterocycles. The molecule has 246 valence electrons. The van der Waals surface area contributed by atoms with E-state index in [1.54, 1.807) is 6.07 Å². The average molecular weight is 644 g/mol. The molecule has 0 spiro atoms. The number of phenols is 1. The molecule has 10 heteroatoms. The fraction of sp³-hybridized carbons (Fsp3) is 0.588. The highest BCUT2D eigenvalue weighted by molar-refractivity contribution is 7.91. The quantitative estimate of drug-likeness (QED) is 0.0917. The Bertz CT molecular complexity index is 1160. The van der Waals surface area contributed by atoms with Crippen LogP contribution in [0.5, 0.6) is 5.75 Å². The number of halogens is 5. The van der Waals surface area contributed by atoms with E-state index in [-0.39, 0.29) is 18.1 Å². The second-order valence-electron chi connectivity index (χ2n) is 11.6. The van der Waals surface area contributed by atoms with E-state index in [1.165, 1.54) is 27.8 Å². The van der Waals surface area contributed by atoms with Crippen molar-refractivity contribution >= 4 is 22.3 Å². The number of aromatic hydroxyl groups is 1. The van der Waals surface area contributed by atoms with Crippen LogP contribution in [0.2, 0.25) is 0 Å². The molecule has 0 aliphatic heterocycles. The van der Waals surface area contributed by atoms with Gasteiger partial charge in [-0.2, -0.15) is 22.0 Å². The van der Waals surface area contributed by atoms with Gasteiger partial charge in [-0.05, 0) is 97.9 Å². The van der Waals surface area contributed by atoms with Gasteiger partial charge in [0.15, 0.2) is 0 Å². The second-order valence-corrected chi connectivity index (χ2v) is 13.3. The largest absolute Gasteiger partial charge is 0.616 e. The van der Waals surface area contributed by atoms with E-state index in [1.807, 2.05) is 12.1 Å². The number of hydrogen-bond donors (Lipinski definition) is 2. The predicted octanol–water partition coefficient (Wildman–Crippen LogP) is 8.39. The zero-order valence-electron chi connectivity index (χ0n) is 25.4. The molecular weight excluding hydrogens is 597 g/mol. The summed E-state index contributed by atoms with van der Waals surface area (Å²) >= 11 is -1.45. The van der Waals surface area contributed by atoms with Gasteiger partial charge in [-0.1, -0.05) is 60.4 Å². The van der Waals surface area contributed by atoms with Gasteiger partial charge in [0.05, 0.1) is 0 Å². The number of unbranched alkanes of at least 4 members (excludes halogenated alkanes) is 3. The number of aliphatic hydroxyl groups excluding tert-OH is 1. The van der Waals surface area contributed by atoms with Gasteiger partial charge >= 0.3 is 12.1 Å². The first-order chi connectivity index (χ1) is 21.0. The summed E-state index contributed by atoms with van der Waals surface area (Å²) in [6.07, 6.45) is 1.84. The molecule has 0 heterocycles. The minimum absolute atomic E-state index is 0.0634. The van der Waals surface area contributed by atoms with Crippen molar-refractivity contribution in [3.63, 3.8) is 0 Å². The SMILES string of the molecule is [O-][S+](CCCN(CCCO)CCCCCCC1=C(c2ccccc2)CCCc2cc(O)ccc21)CCCC(F)(F)C(F)(F)F. The summed E-state index contributed by atoms with van der Waals surface area (Å²) in [5.41, 5.74) is 6.44. The van der Waals surface area contributed by atoms with Gasteiger partial charge in [-0.25, -0.2) is 0 Å². The first-order valence-electron chi connectivity index (χ1n) is 15.7. The fourth-order valence-corrected chi connectivity index (χ4v) is 6.98. The number of phenolic OH excluding ortho intramolecular Hbond substituents is 1. The normalized spacial score (nSPS) is 15.0. The monoisotopic (exact) mass is 643 g/mol. The summed E-state index contributed by atoms with van der Waals surface area (Å²) in [7, 11) is 0. The van der Waals surface area contributed by atoms with Gasteiger partial charge in [0, 0.05) is 32.5 Å². The summed E-state index contributed by atoms with van der Waals surface area (Å²) in [5.74, 6) is -4.36. The van der Waals surface area contributed by atoms with Gasteiger partial charge in [-0.3, -0.25) is 0 Å². The van der Waals surface area contributed by atoms with Crippen molar-refractivity contribution in [2.75, 3.05) is 37.7 Å². The Morgan fingerprint density at radius 1 is 0.795 bits per heavy atom. The van der Waals surface area contributed by atoms with Crippen LogP contribution in [0.4, 0.5) is 22.0 Å². The standard InChI is InChI=1S/C34H46F5NO3S/c35-33(36,34(37,38)39)19-9-24-44(43)25-11-22-40(21-10-23-41)20-7-2-1-6-15-32-30(27-12-4-3-5-13-27)16-8-14-28-26-29(42)17-18-31(28)32/h3-5,12-13,17-18,26,41-42H,1-2,6-11,14-16,19-25H2. The topological polar surface area (TPSA) is 66.8 Å². The summed E-state index contributed by atoms with van der Waals surface area (Å²) < 4.78 is 75.2. The number of rotatable bonds is 19. The van der Waals surface area contributed by atoms with Gasteiger partial charge in [0.1, 0.15) is 17.3 Å². The smallest absolute Gasteiger partial charge is 0.453 e. The van der Waals surface area contributed by atoms with E-state index in [2.05, 4.69) is 35.2 Å². The number of fused-ring (bicyclic) bond motifs is 1. The minimum Gasteiger partial charge on any atom is -0.616 e. The fourth-order valence-electron chi connectivity index (χ4n) is 5.86. The minimum atomic E-state index is -5.57.